The molecular formula is C18H20N4O4. The molecule has 2 fully saturated rings. The molecule has 26 heavy (non-hydrogen) atoms. The Morgan fingerprint density at radius 3 is 2.50 bits per heavy atom. The van der Waals surface area contributed by atoms with Crippen molar-refractivity contribution in [3.63, 3.8) is 0 Å². The molecule has 8 nitrogen and oxygen atoms in total. The second-order valence-electron chi connectivity index (χ2n) is 6.84. The van der Waals surface area contributed by atoms with Gasteiger partial charge in [0.05, 0.1) is 11.1 Å². The Bertz CT molecular complexity index is 787. The van der Waals surface area contributed by atoms with E-state index in [2.05, 4.69) is 15.5 Å². The summed E-state index contributed by atoms with van der Waals surface area (Å²) in [6.45, 7) is 3.64. The van der Waals surface area contributed by atoms with Gasteiger partial charge >= 0.3 is 0 Å². The Hall–Kier alpha value is -2.74. The van der Waals surface area contributed by atoms with Gasteiger partial charge in [-0.05, 0) is 24.6 Å². The lowest BCUT2D eigenvalue weighted by molar-refractivity contribution is -0.128. The fraction of sp³-hybridized carbons (Fsp3) is 0.444. The van der Waals surface area contributed by atoms with E-state index < -0.39 is 23.8 Å². The monoisotopic (exact) mass is 356 g/mol. The van der Waals surface area contributed by atoms with Crippen LogP contribution in [0.25, 0.3) is 0 Å². The van der Waals surface area contributed by atoms with E-state index >= 15 is 0 Å². The van der Waals surface area contributed by atoms with Crippen LogP contribution in [0.15, 0.2) is 18.2 Å². The van der Waals surface area contributed by atoms with Crippen LogP contribution < -0.4 is 15.5 Å². The van der Waals surface area contributed by atoms with E-state index in [0.29, 0.717) is 11.1 Å². The normalized spacial score (nSPS) is 25.9. The molecule has 2 unspecified atom stereocenters. The highest BCUT2D eigenvalue weighted by Crippen LogP contribution is 2.31. The first-order valence-corrected chi connectivity index (χ1v) is 8.80. The quantitative estimate of drug-likeness (QED) is 0.554. The summed E-state index contributed by atoms with van der Waals surface area (Å²) in [6, 6.07) is 4.30. The van der Waals surface area contributed by atoms with Crippen molar-refractivity contribution < 1.29 is 19.2 Å². The molecule has 4 rings (SSSR count). The van der Waals surface area contributed by atoms with Gasteiger partial charge in [-0.1, -0.05) is 0 Å². The molecule has 8 heteroatoms. The van der Waals surface area contributed by atoms with Gasteiger partial charge < -0.3 is 20.3 Å². The van der Waals surface area contributed by atoms with Crippen LogP contribution in [-0.2, 0) is 9.59 Å². The van der Waals surface area contributed by atoms with E-state index in [1.165, 1.54) is 0 Å². The predicted molar refractivity (Wildman–Crippen MR) is 93.0 cm³/mol. The molecule has 0 radical (unpaired) electrons. The first kappa shape index (κ1) is 16.7. The molecule has 136 valence electrons. The first-order chi connectivity index (χ1) is 12.6. The fourth-order valence-corrected chi connectivity index (χ4v) is 3.80. The zero-order valence-electron chi connectivity index (χ0n) is 14.2. The zero-order chi connectivity index (χ0) is 18.3. The molecular weight excluding hydrogens is 336 g/mol. The molecule has 0 saturated carbocycles. The SMILES string of the molecule is O=CC1CNC(=O)C(N2C(=O)c3ccc(N4CCNCC4)cc3C2=O)C1. The Morgan fingerprint density at radius 1 is 1.04 bits per heavy atom. The summed E-state index contributed by atoms with van der Waals surface area (Å²) in [5.74, 6) is -1.71. The van der Waals surface area contributed by atoms with Gasteiger partial charge in [-0.3, -0.25) is 19.3 Å². The van der Waals surface area contributed by atoms with Crippen molar-refractivity contribution in [3.8, 4) is 0 Å². The van der Waals surface area contributed by atoms with E-state index in [-0.39, 0.29) is 18.9 Å². The van der Waals surface area contributed by atoms with E-state index in [1.807, 2.05) is 6.07 Å². The van der Waals surface area contributed by atoms with Gasteiger partial charge in [0.1, 0.15) is 12.3 Å². The van der Waals surface area contributed by atoms with E-state index in [1.54, 1.807) is 12.1 Å². The number of piperidine rings is 1. The van der Waals surface area contributed by atoms with Crippen molar-refractivity contribution >= 4 is 29.7 Å². The van der Waals surface area contributed by atoms with E-state index in [9.17, 15) is 19.2 Å². The maximum atomic E-state index is 12.9. The number of rotatable bonds is 3. The zero-order valence-corrected chi connectivity index (χ0v) is 14.2. The summed E-state index contributed by atoms with van der Waals surface area (Å²) in [7, 11) is 0. The number of hydrogen-bond donors (Lipinski definition) is 2. The number of nitrogens with zero attached hydrogens (tertiary/aromatic N) is 2. The number of aldehydes is 1. The standard InChI is InChI=1S/C18H20N4O4/c23-10-11-7-15(16(24)20-9-11)22-17(25)13-2-1-12(8-14(13)18(22)26)21-5-3-19-4-6-21/h1-2,8,10-11,15,19H,3-7,9H2,(H,20,24). The summed E-state index contributed by atoms with van der Waals surface area (Å²) >= 11 is 0. The Morgan fingerprint density at radius 2 is 1.77 bits per heavy atom. The third-order valence-electron chi connectivity index (χ3n) is 5.25. The Labute approximate surface area is 150 Å². The van der Waals surface area contributed by atoms with Crippen LogP contribution in [0.5, 0.6) is 0 Å². The number of hydrogen-bond acceptors (Lipinski definition) is 6. The largest absolute Gasteiger partial charge is 0.369 e. The summed E-state index contributed by atoms with van der Waals surface area (Å²) in [5, 5.41) is 5.88. The number of carbonyl (C=O) groups excluding carboxylic acids is 4. The summed E-state index contributed by atoms with van der Waals surface area (Å²) < 4.78 is 0. The second-order valence-corrected chi connectivity index (χ2v) is 6.84. The molecule has 3 heterocycles. The highest BCUT2D eigenvalue weighted by molar-refractivity contribution is 6.23. The number of anilines is 1. The third kappa shape index (κ3) is 2.66. The van der Waals surface area contributed by atoms with Crippen LogP contribution in [0.4, 0.5) is 5.69 Å². The average molecular weight is 356 g/mol. The number of nitrogens with one attached hydrogen (secondary N) is 2. The molecule has 0 aromatic heterocycles. The number of fused-ring (bicyclic) bond motifs is 1. The second kappa shape index (κ2) is 6.53. The molecule has 3 amide bonds. The highest BCUT2D eigenvalue weighted by Gasteiger charge is 2.45. The number of imide groups is 1. The van der Waals surface area contributed by atoms with Gasteiger partial charge in [-0.25, -0.2) is 0 Å². The number of benzene rings is 1. The molecule has 0 spiro atoms. The maximum absolute atomic E-state index is 12.9. The van der Waals surface area contributed by atoms with E-state index in [0.717, 1.165) is 43.1 Å². The van der Waals surface area contributed by atoms with Crippen molar-refractivity contribution in [1.82, 2.24) is 15.5 Å². The van der Waals surface area contributed by atoms with Gasteiger partial charge in [0, 0.05) is 44.3 Å². The topological polar surface area (TPSA) is 98.8 Å². The maximum Gasteiger partial charge on any atom is 0.262 e. The lowest BCUT2D eigenvalue weighted by Gasteiger charge is -2.31. The van der Waals surface area contributed by atoms with Gasteiger partial charge in [0.15, 0.2) is 0 Å². The van der Waals surface area contributed by atoms with Gasteiger partial charge in [-0.15, -0.1) is 0 Å². The molecule has 1 aromatic rings. The predicted octanol–water partition coefficient (Wildman–Crippen LogP) is -0.604. The lowest BCUT2D eigenvalue weighted by atomic mass is 9.95. The smallest absolute Gasteiger partial charge is 0.262 e. The van der Waals surface area contributed by atoms with Crippen molar-refractivity contribution in [2.45, 2.75) is 12.5 Å². The molecule has 0 bridgehead atoms. The third-order valence-corrected chi connectivity index (χ3v) is 5.25. The number of carbonyl (C=O) groups is 4. The lowest BCUT2D eigenvalue weighted by Crippen LogP contribution is -2.55. The van der Waals surface area contributed by atoms with Gasteiger partial charge in [0.25, 0.3) is 11.8 Å². The first-order valence-electron chi connectivity index (χ1n) is 8.80. The van der Waals surface area contributed by atoms with Crippen LogP contribution >= 0.6 is 0 Å². The molecule has 1 aromatic carbocycles. The summed E-state index contributed by atoms with van der Waals surface area (Å²) in [4.78, 5) is 52.1. The summed E-state index contributed by atoms with van der Waals surface area (Å²) in [6.07, 6.45) is 0.929. The van der Waals surface area contributed by atoms with Crippen molar-refractivity contribution in [3.05, 3.63) is 29.3 Å². The van der Waals surface area contributed by atoms with Crippen molar-refractivity contribution in [2.75, 3.05) is 37.6 Å². The van der Waals surface area contributed by atoms with Gasteiger partial charge in [-0.2, -0.15) is 0 Å². The molecule has 0 aliphatic carbocycles. The van der Waals surface area contributed by atoms with Crippen LogP contribution in [0, 0.1) is 5.92 Å². The Kier molecular flexibility index (Phi) is 4.20. The van der Waals surface area contributed by atoms with Gasteiger partial charge in [0.2, 0.25) is 5.91 Å². The van der Waals surface area contributed by atoms with E-state index in [4.69, 9.17) is 0 Å². The molecule has 2 N–H and O–H groups in total. The van der Waals surface area contributed by atoms with Crippen molar-refractivity contribution in [2.24, 2.45) is 5.92 Å². The highest BCUT2D eigenvalue weighted by atomic mass is 16.2. The number of piperazine rings is 1. The minimum atomic E-state index is -0.936. The Balaban J connectivity index is 1.63. The van der Waals surface area contributed by atoms with Crippen LogP contribution in [-0.4, -0.2) is 67.7 Å². The minimum Gasteiger partial charge on any atom is -0.369 e. The van der Waals surface area contributed by atoms with Crippen LogP contribution in [0.2, 0.25) is 0 Å². The molecule has 2 saturated heterocycles. The molecule has 3 aliphatic rings. The number of amides is 3. The van der Waals surface area contributed by atoms with Crippen molar-refractivity contribution in [1.29, 1.82) is 0 Å². The average Bonchev–Trinajstić information content (AvgIpc) is 2.93. The minimum absolute atomic E-state index is 0.172. The molecule has 2 atom stereocenters. The van der Waals surface area contributed by atoms with Crippen LogP contribution in [0.3, 0.4) is 0 Å². The fourth-order valence-electron chi connectivity index (χ4n) is 3.80. The van der Waals surface area contributed by atoms with Crippen LogP contribution in [0.1, 0.15) is 27.1 Å². The molecule has 3 aliphatic heterocycles. The summed E-state index contributed by atoms with van der Waals surface area (Å²) in [5.41, 5.74) is 1.54.